The van der Waals surface area contributed by atoms with E-state index in [4.69, 9.17) is 11.6 Å². The van der Waals surface area contributed by atoms with Gasteiger partial charge in [0.15, 0.2) is 0 Å². The van der Waals surface area contributed by atoms with Crippen molar-refractivity contribution in [2.75, 3.05) is 5.88 Å². The van der Waals surface area contributed by atoms with E-state index in [9.17, 15) is 9.90 Å². The molecule has 0 saturated heterocycles. The highest BCUT2D eigenvalue weighted by Crippen LogP contribution is 2.56. The van der Waals surface area contributed by atoms with E-state index in [1.54, 1.807) is 0 Å². The predicted octanol–water partition coefficient (Wildman–Crippen LogP) is 3.32. The van der Waals surface area contributed by atoms with Crippen LogP contribution in [-0.4, -0.2) is 22.4 Å². The second-order valence-corrected chi connectivity index (χ2v) is 6.67. The number of ketones is 1. The summed E-state index contributed by atoms with van der Waals surface area (Å²) in [6.45, 7) is 8.02. The van der Waals surface area contributed by atoms with Crippen LogP contribution in [0.2, 0.25) is 0 Å². The summed E-state index contributed by atoms with van der Waals surface area (Å²) in [5, 5.41) is 11.1. The molecule has 1 N–H and O–H groups in total. The molecule has 0 aromatic heterocycles. The summed E-state index contributed by atoms with van der Waals surface area (Å²) in [5.74, 6) is 0.642. The molecule has 3 heteroatoms. The van der Waals surface area contributed by atoms with Gasteiger partial charge in [-0.1, -0.05) is 26.0 Å². The molecule has 4 atom stereocenters. The first kappa shape index (κ1) is 14.1. The number of alkyl halides is 1. The van der Waals surface area contributed by atoms with E-state index in [0.717, 1.165) is 24.8 Å². The third-order valence-electron chi connectivity index (χ3n) is 5.52. The molecule has 2 rings (SSSR count). The molecular weight excluding hydrogens is 248 g/mol. The lowest BCUT2D eigenvalue weighted by atomic mass is 9.51. The number of aliphatic hydroxyl groups is 1. The molecule has 18 heavy (non-hydrogen) atoms. The summed E-state index contributed by atoms with van der Waals surface area (Å²) < 4.78 is 0. The van der Waals surface area contributed by atoms with E-state index >= 15 is 0 Å². The number of rotatable bonds is 2. The molecule has 0 heterocycles. The van der Waals surface area contributed by atoms with Crippen LogP contribution in [0.1, 0.15) is 46.0 Å². The number of hydrogen-bond donors (Lipinski definition) is 1. The quantitative estimate of drug-likeness (QED) is 0.617. The van der Waals surface area contributed by atoms with Crippen molar-refractivity contribution in [3.8, 4) is 0 Å². The molecule has 0 aromatic carbocycles. The molecule has 0 aliphatic heterocycles. The maximum atomic E-state index is 11.9. The van der Waals surface area contributed by atoms with Crippen LogP contribution in [0.5, 0.6) is 0 Å². The third-order valence-corrected chi connectivity index (χ3v) is 5.86. The zero-order chi connectivity index (χ0) is 13.6. The van der Waals surface area contributed by atoms with Gasteiger partial charge in [-0.05, 0) is 37.0 Å². The van der Waals surface area contributed by atoms with Crippen molar-refractivity contribution in [2.45, 2.75) is 51.6 Å². The Balaban J connectivity index is 2.28. The fraction of sp³-hybridized carbons (Fsp3) is 0.800. The maximum Gasteiger partial charge on any atom is 0.138 e. The molecule has 0 radical (unpaired) electrons. The Morgan fingerprint density at radius 3 is 2.83 bits per heavy atom. The smallest absolute Gasteiger partial charge is 0.138 e. The monoisotopic (exact) mass is 270 g/mol. The summed E-state index contributed by atoms with van der Waals surface area (Å²) >= 11 is 5.86. The number of halogens is 1. The summed E-state index contributed by atoms with van der Waals surface area (Å²) in [6.07, 6.45) is 4.06. The van der Waals surface area contributed by atoms with Gasteiger partial charge in [-0.25, -0.2) is 0 Å². The lowest BCUT2D eigenvalue weighted by molar-refractivity contribution is -0.180. The number of hydrogen-bond acceptors (Lipinski definition) is 2. The fourth-order valence-corrected chi connectivity index (χ4v) is 4.03. The molecule has 2 aliphatic rings. The maximum absolute atomic E-state index is 11.9. The summed E-state index contributed by atoms with van der Waals surface area (Å²) in [6, 6.07) is 0. The van der Waals surface area contributed by atoms with Crippen molar-refractivity contribution in [1.29, 1.82) is 0 Å². The molecular formula is C15H23ClO2. The van der Waals surface area contributed by atoms with Crippen LogP contribution in [0.3, 0.4) is 0 Å². The second kappa shape index (κ2) is 4.64. The number of Topliss-reactive ketones (excluding diaryl/α,β-unsaturated/α-hetero) is 1. The Bertz CT molecular complexity index is 379. The Hall–Kier alpha value is -0.340. The van der Waals surface area contributed by atoms with Crippen molar-refractivity contribution in [3.63, 3.8) is 0 Å². The first-order valence-corrected chi connectivity index (χ1v) is 7.36. The van der Waals surface area contributed by atoms with Crippen LogP contribution in [0.25, 0.3) is 0 Å². The van der Waals surface area contributed by atoms with E-state index in [-0.39, 0.29) is 23.0 Å². The van der Waals surface area contributed by atoms with E-state index in [2.05, 4.69) is 13.5 Å². The lowest BCUT2D eigenvalue weighted by Gasteiger charge is -2.56. The second-order valence-electron chi connectivity index (χ2n) is 6.40. The highest BCUT2D eigenvalue weighted by atomic mass is 35.5. The van der Waals surface area contributed by atoms with Gasteiger partial charge in [0.25, 0.3) is 0 Å². The van der Waals surface area contributed by atoms with Gasteiger partial charge in [0.1, 0.15) is 5.78 Å². The molecule has 2 fully saturated rings. The van der Waals surface area contributed by atoms with Gasteiger partial charge in [-0.3, -0.25) is 4.79 Å². The summed E-state index contributed by atoms with van der Waals surface area (Å²) in [7, 11) is 0. The highest BCUT2D eigenvalue weighted by Gasteiger charge is 2.57. The average Bonchev–Trinajstić information content (AvgIpc) is 2.36. The number of carbonyl (C=O) groups is 1. The van der Waals surface area contributed by atoms with Crippen LogP contribution in [-0.2, 0) is 4.79 Å². The number of allylic oxidation sites excluding steroid dienone is 1. The van der Waals surface area contributed by atoms with Gasteiger partial charge >= 0.3 is 0 Å². The Morgan fingerprint density at radius 2 is 2.22 bits per heavy atom. The fourth-order valence-electron chi connectivity index (χ4n) is 3.81. The van der Waals surface area contributed by atoms with Crippen molar-refractivity contribution in [3.05, 3.63) is 12.2 Å². The standard InChI is InChI=1S/C15H23ClO2/c1-10(9-16)12-4-6-14(3)7-5-13(17)11(2)15(14,18)8-12/h11-12,18H,1,4-9H2,2-3H3/t11-,12+,14+,15+/m0/s1. The Kier molecular flexibility index (Phi) is 3.63. The third kappa shape index (κ3) is 1.94. The molecule has 0 unspecified atom stereocenters. The zero-order valence-electron chi connectivity index (χ0n) is 11.3. The average molecular weight is 271 g/mol. The molecule has 2 aliphatic carbocycles. The van der Waals surface area contributed by atoms with Crippen LogP contribution in [0.4, 0.5) is 0 Å². The molecule has 0 bridgehead atoms. The first-order chi connectivity index (χ1) is 8.34. The lowest BCUT2D eigenvalue weighted by Crippen LogP contribution is -2.60. The van der Waals surface area contributed by atoms with Gasteiger partial charge in [0.2, 0.25) is 0 Å². The van der Waals surface area contributed by atoms with Crippen LogP contribution >= 0.6 is 11.6 Å². The summed E-state index contributed by atoms with van der Waals surface area (Å²) in [4.78, 5) is 11.9. The molecule has 0 spiro atoms. The first-order valence-electron chi connectivity index (χ1n) is 6.83. The van der Waals surface area contributed by atoms with E-state index in [0.29, 0.717) is 18.7 Å². The molecule has 2 nitrogen and oxygen atoms in total. The van der Waals surface area contributed by atoms with E-state index < -0.39 is 5.60 Å². The van der Waals surface area contributed by atoms with Crippen molar-refractivity contribution in [2.24, 2.45) is 17.3 Å². The minimum atomic E-state index is -0.875. The Labute approximate surface area is 114 Å². The van der Waals surface area contributed by atoms with Crippen LogP contribution in [0.15, 0.2) is 12.2 Å². The van der Waals surface area contributed by atoms with Gasteiger partial charge in [-0.15, -0.1) is 11.6 Å². The van der Waals surface area contributed by atoms with Crippen molar-refractivity contribution in [1.82, 2.24) is 0 Å². The minimum Gasteiger partial charge on any atom is -0.389 e. The molecule has 0 aromatic rings. The van der Waals surface area contributed by atoms with E-state index in [1.807, 2.05) is 6.92 Å². The molecule has 2 saturated carbocycles. The highest BCUT2D eigenvalue weighted by molar-refractivity contribution is 6.19. The van der Waals surface area contributed by atoms with Gasteiger partial charge in [0.05, 0.1) is 5.60 Å². The normalized spacial score (nSPS) is 44.6. The number of fused-ring (bicyclic) bond motifs is 1. The van der Waals surface area contributed by atoms with Crippen molar-refractivity contribution >= 4 is 17.4 Å². The largest absolute Gasteiger partial charge is 0.389 e. The molecule has 102 valence electrons. The Morgan fingerprint density at radius 1 is 1.56 bits per heavy atom. The van der Waals surface area contributed by atoms with Gasteiger partial charge in [0, 0.05) is 18.2 Å². The van der Waals surface area contributed by atoms with Crippen LogP contribution < -0.4 is 0 Å². The van der Waals surface area contributed by atoms with Gasteiger partial charge < -0.3 is 5.11 Å². The van der Waals surface area contributed by atoms with E-state index in [1.165, 1.54) is 0 Å². The predicted molar refractivity (Wildman–Crippen MR) is 73.7 cm³/mol. The SMILES string of the molecule is C=C(CCl)[C@@H]1CC[C@]2(C)CCC(=O)[C@H](C)[C@]2(O)C1. The zero-order valence-corrected chi connectivity index (χ0v) is 12.1. The minimum absolute atomic E-state index is 0.122. The molecule has 0 amide bonds. The topological polar surface area (TPSA) is 37.3 Å². The van der Waals surface area contributed by atoms with Crippen LogP contribution in [0, 0.1) is 17.3 Å². The van der Waals surface area contributed by atoms with Crippen molar-refractivity contribution < 1.29 is 9.90 Å². The number of carbonyl (C=O) groups excluding carboxylic acids is 1. The van der Waals surface area contributed by atoms with Gasteiger partial charge in [-0.2, -0.15) is 0 Å². The summed E-state index contributed by atoms with van der Waals surface area (Å²) in [5.41, 5.74) is 0.00120.